The first-order chi connectivity index (χ1) is 9.11. The van der Waals surface area contributed by atoms with Crippen LogP contribution in [-0.4, -0.2) is 37.1 Å². The van der Waals surface area contributed by atoms with Gasteiger partial charge in [0.1, 0.15) is 5.52 Å². The SMILES string of the molecule is CNCCCN(C)c1nc2ccc([N+](=O)[O-])cc2o1. The number of aromatic nitrogens is 1. The van der Waals surface area contributed by atoms with Gasteiger partial charge in [-0.25, -0.2) is 0 Å². The lowest BCUT2D eigenvalue weighted by Gasteiger charge is -2.13. The minimum Gasteiger partial charge on any atom is -0.423 e. The molecule has 1 aromatic carbocycles. The van der Waals surface area contributed by atoms with Crippen LogP contribution in [0.4, 0.5) is 11.7 Å². The Hall–Kier alpha value is -2.15. The highest BCUT2D eigenvalue weighted by Gasteiger charge is 2.13. The maximum Gasteiger partial charge on any atom is 0.298 e. The Morgan fingerprint density at radius 1 is 1.53 bits per heavy atom. The number of rotatable bonds is 6. The summed E-state index contributed by atoms with van der Waals surface area (Å²) in [5.41, 5.74) is 1.07. The third kappa shape index (κ3) is 3.00. The summed E-state index contributed by atoms with van der Waals surface area (Å²) in [7, 11) is 3.79. The Labute approximate surface area is 110 Å². The highest BCUT2D eigenvalue weighted by Crippen LogP contribution is 2.25. The Bertz CT molecular complexity index is 581. The molecule has 7 nitrogen and oxygen atoms in total. The third-order valence-corrected chi connectivity index (χ3v) is 2.82. The molecule has 102 valence electrons. The normalized spacial score (nSPS) is 10.8. The number of non-ortho nitro benzene ring substituents is 1. The van der Waals surface area contributed by atoms with Gasteiger partial charge in [0, 0.05) is 19.7 Å². The molecule has 19 heavy (non-hydrogen) atoms. The number of oxazole rings is 1. The molecular formula is C12H16N4O3. The summed E-state index contributed by atoms with van der Waals surface area (Å²) in [5, 5.41) is 13.8. The fourth-order valence-corrected chi connectivity index (χ4v) is 1.77. The fraction of sp³-hybridized carbons (Fsp3) is 0.417. The number of nitrogens with zero attached hydrogens (tertiary/aromatic N) is 3. The van der Waals surface area contributed by atoms with Crippen molar-refractivity contribution in [3.05, 3.63) is 28.3 Å². The lowest BCUT2D eigenvalue weighted by molar-refractivity contribution is -0.384. The van der Waals surface area contributed by atoms with Crippen LogP contribution >= 0.6 is 0 Å². The molecule has 0 aliphatic heterocycles. The molecule has 2 rings (SSSR count). The summed E-state index contributed by atoms with van der Waals surface area (Å²) < 4.78 is 5.54. The summed E-state index contributed by atoms with van der Waals surface area (Å²) in [6, 6.07) is 4.90. The van der Waals surface area contributed by atoms with Gasteiger partial charge in [-0.1, -0.05) is 0 Å². The summed E-state index contributed by atoms with van der Waals surface area (Å²) in [6.07, 6.45) is 0.964. The van der Waals surface area contributed by atoms with Gasteiger partial charge in [-0.2, -0.15) is 4.98 Å². The second-order valence-corrected chi connectivity index (χ2v) is 4.28. The molecule has 0 saturated heterocycles. The van der Waals surface area contributed by atoms with Crippen LogP contribution in [0.2, 0.25) is 0 Å². The zero-order valence-electron chi connectivity index (χ0n) is 10.9. The van der Waals surface area contributed by atoms with Crippen molar-refractivity contribution >= 4 is 22.8 Å². The number of fused-ring (bicyclic) bond motifs is 1. The van der Waals surface area contributed by atoms with Gasteiger partial charge >= 0.3 is 0 Å². The molecule has 0 aliphatic carbocycles. The summed E-state index contributed by atoms with van der Waals surface area (Å²) in [4.78, 5) is 16.4. The van der Waals surface area contributed by atoms with Crippen molar-refractivity contribution in [3.8, 4) is 0 Å². The molecule has 0 aliphatic rings. The zero-order chi connectivity index (χ0) is 13.8. The Balaban J connectivity index is 2.18. The van der Waals surface area contributed by atoms with Gasteiger partial charge in [0.25, 0.3) is 11.7 Å². The number of nitro groups is 1. The number of hydrogen-bond donors (Lipinski definition) is 1. The monoisotopic (exact) mass is 264 g/mol. The first kappa shape index (κ1) is 13.3. The lowest BCUT2D eigenvalue weighted by atomic mass is 10.3. The summed E-state index contributed by atoms with van der Waals surface area (Å²) >= 11 is 0. The minimum atomic E-state index is -0.446. The number of anilines is 1. The van der Waals surface area contributed by atoms with Crippen LogP contribution in [-0.2, 0) is 0 Å². The van der Waals surface area contributed by atoms with Crippen molar-refractivity contribution in [2.45, 2.75) is 6.42 Å². The first-order valence-corrected chi connectivity index (χ1v) is 6.02. The van der Waals surface area contributed by atoms with E-state index in [0.29, 0.717) is 17.1 Å². The van der Waals surface area contributed by atoms with E-state index in [1.165, 1.54) is 12.1 Å². The highest BCUT2D eigenvalue weighted by molar-refractivity contribution is 5.77. The lowest BCUT2D eigenvalue weighted by Crippen LogP contribution is -2.22. The average Bonchev–Trinajstić information content (AvgIpc) is 2.81. The summed E-state index contributed by atoms with van der Waals surface area (Å²) in [5.74, 6) is 0. The van der Waals surface area contributed by atoms with Gasteiger partial charge in [-0.15, -0.1) is 0 Å². The Morgan fingerprint density at radius 2 is 2.32 bits per heavy atom. The topological polar surface area (TPSA) is 84.4 Å². The molecular weight excluding hydrogens is 248 g/mol. The molecule has 1 heterocycles. The standard InChI is InChI=1S/C12H16N4O3/c1-13-6-3-7-15(2)12-14-10-5-4-9(16(17)18)8-11(10)19-12/h4-5,8,13H,3,6-7H2,1-2H3. The van der Waals surface area contributed by atoms with Gasteiger partial charge in [0.2, 0.25) is 0 Å². The van der Waals surface area contributed by atoms with E-state index >= 15 is 0 Å². The van der Waals surface area contributed by atoms with Gasteiger partial charge < -0.3 is 14.6 Å². The molecule has 0 saturated carbocycles. The third-order valence-electron chi connectivity index (χ3n) is 2.82. The van der Waals surface area contributed by atoms with Crippen molar-refractivity contribution in [1.82, 2.24) is 10.3 Å². The molecule has 0 amide bonds. The van der Waals surface area contributed by atoms with E-state index < -0.39 is 4.92 Å². The number of benzene rings is 1. The summed E-state index contributed by atoms with van der Waals surface area (Å²) in [6.45, 7) is 1.71. The quantitative estimate of drug-likeness (QED) is 0.486. The first-order valence-electron chi connectivity index (χ1n) is 6.02. The van der Waals surface area contributed by atoms with E-state index in [9.17, 15) is 10.1 Å². The van der Waals surface area contributed by atoms with Gasteiger partial charge in [-0.05, 0) is 26.1 Å². The van der Waals surface area contributed by atoms with Crippen LogP contribution in [0.15, 0.2) is 22.6 Å². The number of nitrogens with one attached hydrogen (secondary N) is 1. The average molecular weight is 264 g/mol. The van der Waals surface area contributed by atoms with E-state index in [-0.39, 0.29) is 5.69 Å². The number of hydrogen-bond acceptors (Lipinski definition) is 6. The fourth-order valence-electron chi connectivity index (χ4n) is 1.77. The molecule has 0 spiro atoms. The highest BCUT2D eigenvalue weighted by atomic mass is 16.6. The smallest absolute Gasteiger partial charge is 0.298 e. The Kier molecular flexibility index (Phi) is 3.96. The molecule has 2 aromatic rings. The van der Waals surface area contributed by atoms with E-state index in [2.05, 4.69) is 10.3 Å². The van der Waals surface area contributed by atoms with Crippen LogP contribution in [0.3, 0.4) is 0 Å². The van der Waals surface area contributed by atoms with Crippen molar-refractivity contribution in [1.29, 1.82) is 0 Å². The molecule has 0 atom stereocenters. The molecule has 0 bridgehead atoms. The van der Waals surface area contributed by atoms with Crippen molar-refractivity contribution < 1.29 is 9.34 Å². The van der Waals surface area contributed by atoms with Crippen LogP contribution < -0.4 is 10.2 Å². The molecule has 1 N–H and O–H groups in total. The van der Waals surface area contributed by atoms with Crippen molar-refractivity contribution in [3.63, 3.8) is 0 Å². The molecule has 0 unspecified atom stereocenters. The predicted molar refractivity (Wildman–Crippen MR) is 72.5 cm³/mol. The molecule has 7 heteroatoms. The van der Waals surface area contributed by atoms with Gasteiger partial charge in [0.05, 0.1) is 11.0 Å². The van der Waals surface area contributed by atoms with Crippen molar-refractivity contribution in [2.75, 3.05) is 32.1 Å². The largest absolute Gasteiger partial charge is 0.423 e. The van der Waals surface area contributed by atoms with E-state index in [4.69, 9.17) is 4.42 Å². The van der Waals surface area contributed by atoms with Crippen LogP contribution in [0.25, 0.3) is 11.1 Å². The predicted octanol–water partition coefficient (Wildman–Crippen LogP) is 1.78. The molecule has 0 radical (unpaired) electrons. The zero-order valence-corrected chi connectivity index (χ0v) is 10.9. The molecule has 0 fully saturated rings. The van der Waals surface area contributed by atoms with E-state index in [0.717, 1.165) is 19.5 Å². The van der Waals surface area contributed by atoms with Gasteiger partial charge in [-0.3, -0.25) is 10.1 Å². The Morgan fingerprint density at radius 3 is 3.00 bits per heavy atom. The maximum atomic E-state index is 10.7. The van der Waals surface area contributed by atoms with E-state index in [1.807, 2.05) is 19.0 Å². The van der Waals surface area contributed by atoms with E-state index in [1.54, 1.807) is 6.07 Å². The number of nitro benzene ring substituents is 1. The maximum absolute atomic E-state index is 10.7. The minimum absolute atomic E-state index is 0.00744. The van der Waals surface area contributed by atoms with Gasteiger partial charge in [0.15, 0.2) is 5.58 Å². The second-order valence-electron chi connectivity index (χ2n) is 4.28. The van der Waals surface area contributed by atoms with Crippen LogP contribution in [0.5, 0.6) is 0 Å². The van der Waals surface area contributed by atoms with Crippen LogP contribution in [0.1, 0.15) is 6.42 Å². The van der Waals surface area contributed by atoms with Crippen molar-refractivity contribution in [2.24, 2.45) is 0 Å². The second kappa shape index (κ2) is 5.66. The molecule has 1 aromatic heterocycles. The van der Waals surface area contributed by atoms with Crippen LogP contribution in [0, 0.1) is 10.1 Å².